The number of carbonyl (C=O) groups is 1. The second-order valence-electron chi connectivity index (χ2n) is 3.91. The number of carboxylic acids is 1. The first-order valence-corrected chi connectivity index (χ1v) is 5.54. The molecule has 0 bridgehead atoms. The molecular formula is C11H15N3O4. The summed E-state index contributed by atoms with van der Waals surface area (Å²) in [5.74, 6) is -1.41. The standard InChI is InChI=1S/C11H15N3O4/c1-3-8(11(15)16)6-13-10-9(14(17)18)7(2)4-5-12-10/h4-5,8H,3,6H2,1-2H3,(H,12,13)(H,15,16). The van der Waals surface area contributed by atoms with Gasteiger partial charge in [-0.2, -0.15) is 0 Å². The molecule has 0 radical (unpaired) electrons. The lowest BCUT2D eigenvalue weighted by molar-refractivity contribution is -0.384. The molecule has 0 aromatic carbocycles. The molecule has 1 unspecified atom stereocenters. The number of nitro groups is 1. The fraction of sp³-hybridized carbons (Fsp3) is 0.455. The summed E-state index contributed by atoms with van der Waals surface area (Å²) in [6.07, 6.45) is 1.90. The van der Waals surface area contributed by atoms with E-state index in [1.54, 1.807) is 13.8 Å². The van der Waals surface area contributed by atoms with E-state index in [-0.39, 0.29) is 18.1 Å². The average Bonchev–Trinajstić information content (AvgIpc) is 2.28. The number of pyridine rings is 1. The van der Waals surface area contributed by atoms with Crippen molar-refractivity contribution >= 4 is 17.5 Å². The Morgan fingerprint density at radius 3 is 2.83 bits per heavy atom. The molecule has 1 rings (SSSR count). The smallest absolute Gasteiger partial charge is 0.314 e. The molecule has 98 valence electrons. The van der Waals surface area contributed by atoms with E-state index >= 15 is 0 Å². The molecule has 0 aliphatic rings. The zero-order chi connectivity index (χ0) is 13.7. The van der Waals surface area contributed by atoms with Crippen LogP contribution in [0.3, 0.4) is 0 Å². The minimum atomic E-state index is -0.930. The van der Waals surface area contributed by atoms with Crippen molar-refractivity contribution in [3.05, 3.63) is 27.9 Å². The molecule has 1 heterocycles. The molecule has 7 heteroatoms. The van der Waals surface area contributed by atoms with Crippen molar-refractivity contribution in [2.24, 2.45) is 5.92 Å². The fourth-order valence-electron chi connectivity index (χ4n) is 1.54. The van der Waals surface area contributed by atoms with E-state index in [0.717, 1.165) is 0 Å². The molecule has 18 heavy (non-hydrogen) atoms. The van der Waals surface area contributed by atoms with Gasteiger partial charge in [-0.05, 0) is 19.4 Å². The number of nitrogens with zero attached hydrogens (tertiary/aromatic N) is 2. The van der Waals surface area contributed by atoms with Crippen LogP contribution in [0.1, 0.15) is 18.9 Å². The number of rotatable bonds is 6. The highest BCUT2D eigenvalue weighted by Gasteiger charge is 2.21. The van der Waals surface area contributed by atoms with E-state index in [1.165, 1.54) is 12.3 Å². The van der Waals surface area contributed by atoms with E-state index in [1.807, 2.05) is 0 Å². The van der Waals surface area contributed by atoms with E-state index < -0.39 is 16.8 Å². The van der Waals surface area contributed by atoms with Gasteiger partial charge in [0.1, 0.15) is 0 Å². The van der Waals surface area contributed by atoms with Gasteiger partial charge in [-0.3, -0.25) is 14.9 Å². The third kappa shape index (κ3) is 3.16. The number of nitrogens with one attached hydrogen (secondary N) is 1. The summed E-state index contributed by atoms with van der Waals surface area (Å²) in [5, 5.41) is 22.5. The Morgan fingerprint density at radius 2 is 2.33 bits per heavy atom. The molecule has 1 aromatic rings. The number of anilines is 1. The van der Waals surface area contributed by atoms with E-state index in [2.05, 4.69) is 10.3 Å². The van der Waals surface area contributed by atoms with Gasteiger partial charge in [0, 0.05) is 18.3 Å². The Labute approximate surface area is 104 Å². The summed E-state index contributed by atoms with van der Waals surface area (Å²) in [6.45, 7) is 3.47. The molecule has 1 atom stereocenters. The van der Waals surface area contributed by atoms with Gasteiger partial charge < -0.3 is 10.4 Å². The van der Waals surface area contributed by atoms with Gasteiger partial charge in [0.05, 0.1) is 10.8 Å². The summed E-state index contributed by atoms with van der Waals surface area (Å²) in [5.41, 5.74) is 0.374. The van der Waals surface area contributed by atoms with Crippen LogP contribution in [0.15, 0.2) is 12.3 Å². The maximum atomic E-state index is 10.9. The molecule has 0 spiro atoms. The molecule has 0 aliphatic carbocycles. The Bertz CT molecular complexity index is 462. The molecule has 0 fully saturated rings. The van der Waals surface area contributed by atoms with Gasteiger partial charge in [-0.1, -0.05) is 6.92 Å². The van der Waals surface area contributed by atoms with Gasteiger partial charge in [0.25, 0.3) is 0 Å². The first-order chi connectivity index (χ1) is 8.47. The lowest BCUT2D eigenvalue weighted by atomic mass is 10.1. The van der Waals surface area contributed by atoms with Crippen molar-refractivity contribution in [3.63, 3.8) is 0 Å². The number of carboxylic acid groups (broad SMARTS) is 1. The van der Waals surface area contributed by atoms with Crippen molar-refractivity contribution in [1.82, 2.24) is 4.98 Å². The highest BCUT2D eigenvalue weighted by Crippen LogP contribution is 2.25. The summed E-state index contributed by atoms with van der Waals surface area (Å²) in [7, 11) is 0. The number of aromatic nitrogens is 1. The zero-order valence-electron chi connectivity index (χ0n) is 10.2. The molecule has 0 amide bonds. The first-order valence-electron chi connectivity index (χ1n) is 5.54. The molecule has 1 aromatic heterocycles. The maximum absolute atomic E-state index is 10.9. The monoisotopic (exact) mass is 253 g/mol. The van der Waals surface area contributed by atoms with Crippen molar-refractivity contribution in [2.75, 3.05) is 11.9 Å². The first kappa shape index (κ1) is 13.9. The van der Waals surface area contributed by atoms with Gasteiger partial charge in [-0.15, -0.1) is 0 Å². The van der Waals surface area contributed by atoms with Gasteiger partial charge in [0.2, 0.25) is 5.82 Å². The zero-order valence-corrected chi connectivity index (χ0v) is 10.2. The molecule has 0 saturated carbocycles. The number of hydrogen-bond donors (Lipinski definition) is 2. The second-order valence-corrected chi connectivity index (χ2v) is 3.91. The minimum absolute atomic E-state index is 0.111. The van der Waals surface area contributed by atoms with Crippen molar-refractivity contribution in [2.45, 2.75) is 20.3 Å². The van der Waals surface area contributed by atoms with Gasteiger partial charge in [-0.25, -0.2) is 4.98 Å². The normalized spacial score (nSPS) is 11.9. The highest BCUT2D eigenvalue weighted by molar-refractivity contribution is 5.71. The van der Waals surface area contributed by atoms with Gasteiger partial charge >= 0.3 is 11.7 Å². The molecule has 2 N–H and O–H groups in total. The van der Waals surface area contributed by atoms with E-state index in [4.69, 9.17) is 5.11 Å². The quantitative estimate of drug-likeness (QED) is 0.591. The Hall–Kier alpha value is -2.18. The number of hydrogen-bond acceptors (Lipinski definition) is 5. The number of aryl methyl sites for hydroxylation is 1. The topological polar surface area (TPSA) is 105 Å². The molecule has 0 saturated heterocycles. The highest BCUT2D eigenvalue weighted by atomic mass is 16.6. The van der Waals surface area contributed by atoms with Crippen LogP contribution >= 0.6 is 0 Å². The summed E-state index contributed by atoms with van der Waals surface area (Å²) in [4.78, 5) is 25.1. The van der Waals surface area contributed by atoms with Crippen LogP contribution in [0.4, 0.5) is 11.5 Å². The average molecular weight is 253 g/mol. The Balaban J connectivity index is 2.88. The third-order valence-electron chi connectivity index (χ3n) is 2.67. The van der Waals surface area contributed by atoms with Crippen LogP contribution in [0.5, 0.6) is 0 Å². The molecule has 0 aliphatic heterocycles. The lowest BCUT2D eigenvalue weighted by Crippen LogP contribution is -2.22. The Morgan fingerprint density at radius 1 is 1.67 bits per heavy atom. The summed E-state index contributed by atoms with van der Waals surface area (Å²) < 4.78 is 0. The second kappa shape index (κ2) is 5.95. The van der Waals surface area contributed by atoms with E-state index in [9.17, 15) is 14.9 Å². The SMILES string of the molecule is CCC(CNc1nccc(C)c1[N+](=O)[O-])C(=O)O. The van der Waals surface area contributed by atoms with Crippen LogP contribution in [0, 0.1) is 23.0 Å². The van der Waals surface area contributed by atoms with Crippen molar-refractivity contribution < 1.29 is 14.8 Å². The van der Waals surface area contributed by atoms with Gasteiger partial charge in [0.15, 0.2) is 0 Å². The van der Waals surface area contributed by atoms with Crippen molar-refractivity contribution in [3.8, 4) is 0 Å². The lowest BCUT2D eigenvalue weighted by Gasteiger charge is -2.12. The predicted octanol–water partition coefficient (Wildman–Crippen LogP) is 1.82. The summed E-state index contributed by atoms with van der Waals surface area (Å²) in [6, 6.07) is 1.54. The fourth-order valence-corrected chi connectivity index (χ4v) is 1.54. The minimum Gasteiger partial charge on any atom is -0.481 e. The predicted molar refractivity (Wildman–Crippen MR) is 65.5 cm³/mol. The summed E-state index contributed by atoms with van der Waals surface area (Å²) >= 11 is 0. The molecular weight excluding hydrogens is 238 g/mol. The Kier molecular flexibility index (Phi) is 4.59. The van der Waals surface area contributed by atoms with E-state index in [0.29, 0.717) is 12.0 Å². The maximum Gasteiger partial charge on any atom is 0.314 e. The molecule has 7 nitrogen and oxygen atoms in total. The third-order valence-corrected chi connectivity index (χ3v) is 2.67. The van der Waals surface area contributed by atoms with Crippen molar-refractivity contribution in [1.29, 1.82) is 0 Å². The van der Waals surface area contributed by atoms with Crippen LogP contribution < -0.4 is 5.32 Å². The van der Waals surface area contributed by atoms with Crippen LogP contribution in [-0.4, -0.2) is 27.5 Å². The van der Waals surface area contributed by atoms with Crippen LogP contribution in [0.2, 0.25) is 0 Å². The number of aliphatic carboxylic acids is 1. The van der Waals surface area contributed by atoms with Crippen LogP contribution in [-0.2, 0) is 4.79 Å². The largest absolute Gasteiger partial charge is 0.481 e. The van der Waals surface area contributed by atoms with Crippen LogP contribution in [0.25, 0.3) is 0 Å².